The lowest BCUT2D eigenvalue weighted by Gasteiger charge is -2.16. The molecule has 2 aromatic rings. The third-order valence-corrected chi connectivity index (χ3v) is 3.99. The van der Waals surface area contributed by atoms with Gasteiger partial charge in [-0.15, -0.1) is 11.3 Å². The van der Waals surface area contributed by atoms with E-state index in [2.05, 4.69) is 39.3 Å². The van der Waals surface area contributed by atoms with Gasteiger partial charge in [-0.05, 0) is 30.8 Å². The van der Waals surface area contributed by atoms with Gasteiger partial charge in [0.15, 0.2) is 0 Å². The van der Waals surface area contributed by atoms with Crippen molar-refractivity contribution in [1.29, 1.82) is 0 Å². The highest BCUT2D eigenvalue weighted by Gasteiger charge is 2.09. The van der Waals surface area contributed by atoms with E-state index in [0.717, 1.165) is 19.5 Å². The van der Waals surface area contributed by atoms with E-state index in [-0.39, 0.29) is 0 Å². The lowest BCUT2D eigenvalue weighted by Crippen LogP contribution is -2.22. The number of hydrogen-bond acceptors (Lipinski definition) is 3. The molecule has 0 saturated heterocycles. The van der Waals surface area contributed by atoms with Crippen LogP contribution in [0.25, 0.3) is 0 Å². The number of aromatic nitrogens is 2. The van der Waals surface area contributed by atoms with E-state index < -0.39 is 0 Å². The standard InChI is InChI=1S/C14H21N3S/c1-2-5-13(14-6-3-11-18-14)16-7-4-9-17-10-8-15-12-17/h3,6,8,10-13,16H,2,4-5,7,9H2,1H3. The van der Waals surface area contributed by atoms with Gasteiger partial charge in [-0.3, -0.25) is 0 Å². The Bertz CT molecular complexity index is 408. The molecule has 0 aromatic carbocycles. The van der Waals surface area contributed by atoms with Crippen LogP contribution in [0.15, 0.2) is 36.2 Å². The molecular weight excluding hydrogens is 242 g/mol. The van der Waals surface area contributed by atoms with Crippen molar-refractivity contribution in [3.8, 4) is 0 Å². The molecule has 4 heteroatoms. The number of rotatable bonds is 8. The van der Waals surface area contributed by atoms with Crippen molar-refractivity contribution >= 4 is 11.3 Å². The van der Waals surface area contributed by atoms with E-state index in [4.69, 9.17) is 0 Å². The van der Waals surface area contributed by atoms with Crippen LogP contribution in [0.1, 0.15) is 37.1 Å². The van der Waals surface area contributed by atoms with Crippen molar-refractivity contribution in [3.05, 3.63) is 41.1 Å². The van der Waals surface area contributed by atoms with Gasteiger partial charge in [0, 0.05) is 29.9 Å². The lowest BCUT2D eigenvalue weighted by molar-refractivity contribution is 0.478. The largest absolute Gasteiger partial charge is 0.337 e. The summed E-state index contributed by atoms with van der Waals surface area (Å²) in [7, 11) is 0. The molecule has 1 atom stereocenters. The maximum Gasteiger partial charge on any atom is 0.0945 e. The molecule has 18 heavy (non-hydrogen) atoms. The van der Waals surface area contributed by atoms with Crippen LogP contribution < -0.4 is 5.32 Å². The number of nitrogens with one attached hydrogen (secondary N) is 1. The first-order valence-electron chi connectivity index (χ1n) is 6.62. The summed E-state index contributed by atoms with van der Waals surface area (Å²) in [5.41, 5.74) is 0. The van der Waals surface area contributed by atoms with Gasteiger partial charge in [-0.2, -0.15) is 0 Å². The maximum atomic E-state index is 4.05. The molecule has 0 aliphatic rings. The maximum absolute atomic E-state index is 4.05. The quantitative estimate of drug-likeness (QED) is 0.739. The molecule has 2 aromatic heterocycles. The summed E-state index contributed by atoms with van der Waals surface area (Å²) < 4.78 is 2.13. The van der Waals surface area contributed by atoms with Crippen molar-refractivity contribution in [2.45, 2.75) is 38.8 Å². The van der Waals surface area contributed by atoms with Crippen LogP contribution in [0.5, 0.6) is 0 Å². The molecule has 0 radical (unpaired) electrons. The monoisotopic (exact) mass is 263 g/mol. The fourth-order valence-electron chi connectivity index (χ4n) is 2.08. The molecule has 0 bridgehead atoms. The van der Waals surface area contributed by atoms with Crippen LogP contribution in [0.4, 0.5) is 0 Å². The second-order valence-electron chi connectivity index (χ2n) is 4.46. The summed E-state index contributed by atoms with van der Waals surface area (Å²) in [6.07, 6.45) is 9.30. The van der Waals surface area contributed by atoms with Crippen molar-refractivity contribution < 1.29 is 0 Å². The topological polar surface area (TPSA) is 29.9 Å². The molecule has 1 unspecified atom stereocenters. The van der Waals surface area contributed by atoms with Gasteiger partial charge < -0.3 is 9.88 Å². The molecule has 0 aliphatic carbocycles. The van der Waals surface area contributed by atoms with E-state index in [9.17, 15) is 0 Å². The second kappa shape index (κ2) is 7.34. The van der Waals surface area contributed by atoms with E-state index in [1.165, 1.54) is 17.7 Å². The number of hydrogen-bond donors (Lipinski definition) is 1. The van der Waals surface area contributed by atoms with Crippen LogP contribution in [-0.4, -0.2) is 16.1 Å². The first-order chi connectivity index (χ1) is 8.90. The average Bonchev–Trinajstić information content (AvgIpc) is 3.05. The highest BCUT2D eigenvalue weighted by atomic mass is 32.1. The molecule has 2 rings (SSSR count). The first-order valence-corrected chi connectivity index (χ1v) is 7.50. The number of imidazole rings is 1. The van der Waals surface area contributed by atoms with Crippen LogP contribution >= 0.6 is 11.3 Å². The molecule has 1 N–H and O–H groups in total. The van der Waals surface area contributed by atoms with Gasteiger partial charge >= 0.3 is 0 Å². The fraction of sp³-hybridized carbons (Fsp3) is 0.500. The van der Waals surface area contributed by atoms with Crippen LogP contribution in [-0.2, 0) is 6.54 Å². The molecule has 2 heterocycles. The summed E-state index contributed by atoms with van der Waals surface area (Å²) >= 11 is 1.85. The van der Waals surface area contributed by atoms with E-state index >= 15 is 0 Å². The Balaban J connectivity index is 1.73. The minimum absolute atomic E-state index is 0.526. The summed E-state index contributed by atoms with van der Waals surface area (Å²) in [5.74, 6) is 0. The van der Waals surface area contributed by atoms with E-state index in [0.29, 0.717) is 6.04 Å². The third-order valence-electron chi connectivity index (χ3n) is 3.01. The smallest absolute Gasteiger partial charge is 0.0945 e. The Morgan fingerprint density at radius 1 is 1.50 bits per heavy atom. The molecule has 0 saturated carbocycles. The van der Waals surface area contributed by atoms with Crippen molar-refractivity contribution in [2.24, 2.45) is 0 Å². The SMILES string of the molecule is CCCC(NCCCn1ccnc1)c1cccs1. The van der Waals surface area contributed by atoms with Gasteiger partial charge in [0.25, 0.3) is 0 Å². The van der Waals surface area contributed by atoms with Crippen LogP contribution in [0, 0.1) is 0 Å². The molecule has 3 nitrogen and oxygen atoms in total. The number of nitrogens with zero attached hydrogens (tertiary/aromatic N) is 2. The Kier molecular flexibility index (Phi) is 5.42. The first kappa shape index (κ1) is 13.3. The minimum atomic E-state index is 0.526. The predicted molar refractivity (Wildman–Crippen MR) is 76.8 cm³/mol. The Morgan fingerprint density at radius 3 is 3.11 bits per heavy atom. The highest BCUT2D eigenvalue weighted by Crippen LogP contribution is 2.22. The van der Waals surface area contributed by atoms with Crippen LogP contribution in [0.3, 0.4) is 0 Å². The van der Waals surface area contributed by atoms with Gasteiger partial charge in [-0.25, -0.2) is 4.98 Å². The molecular formula is C14H21N3S. The summed E-state index contributed by atoms with van der Waals surface area (Å²) in [6, 6.07) is 4.89. The highest BCUT2D eigenvalue weighted by molar-refractivity contribution is 7.10. The predicted octanol–water partition coefficient (Wildman–Crippen LogP) is 3.47. The van der Waals surface area contributed by atoms with E-state index in [1.807, 2.05) is 30.1 Å². The van der Waals surface area contributed by atoms with Crippen molar-refractivity contribution in [3.63, 3.8) is 0 Å². The Hall–Kier alpha value is -1.13. The average molecular weight is 263 g/mol. The normalized spacial score (nSPS) is 12.7. The molecule has 0 aliphatic heterocycles. The molecule has 0 spiro atoms. The molecule has 0 amide bonds. The molecule has 98 valence electrons. The minimum Gasteiger partial charge on any atom is -0.337 e. The Morgan fingerprint density at radius 2 is 2.44 bits per heavy atom. The summed E-state index contributed by atoms with van der Waals surface area (Å²) in [5, 5.41) is 5.82. The third kappa shape index (κ3) is 3.96. The summed E-state index contributed by atoms with van der Waals surface area (Å²) in [4.78, 5) is 5.51. The van der Waals surface area contributed by atoms with Gasteiger partial charge in [-0.1, -0.05) is 19.4 Å². The van der Waals surface area contributed by atoms with Crippen molar-refractivity contribution in [2.75, 3.05) is 6.54 Å². The number of thiophene rings is 1. The van der Waals surface area contributed by atoms with Gasteiger partial charge in [0.1, 0.15) is 0 Å². The summed E-state index contributed by atoms with van der Waals surface area (Å²) in [6.45, 7) is 4.34. The number of aryl methyl sites for hydroxylation is 1. The zero-order chi connectivity index (χ0) is 12.6. The Labute approximate surface area is 113 Å². The zero-order valence-corrected chi connectivity index (χ0v) is 11.7. The molecule has 0 fully saturated rings. The van der Waals surface area contributed by atoms with Crippen LogP contribution in [0.2, 0.25) is 0 Å². The zero-order valence-electron chi connectivity index (χ0n) is 10.9. The second-order valence-corrected chi connectivity index (χ2v) is 5.44. The fourth-order valence-corrected chi connectivity index (χ4v) is 2.92. The van der Waals surface area contributed by atoms with Crippen molar-refractivity contribution in [1.82, 2.24) is 14.9 Å². The van der Waals surface area contributed by atoms with Gasteiger partial charge in [0.05, 0.1) is 6.33 Å². The lowest BCUT2D eigenvalue weighted by atomic mass is 10.1. The van der Waals surface area contributed by atoms with Gasteiger partial charge in [0.2, 0.25) is 0 Å². The van der Waals surface area contributed by atoms with E-state index in [1.54, 1.807) is 0 Å².